The van der Waals surface area contributed by atoms with E-state index in [1.807, 2.05) is 20.8 Å². The highest BCUT2D eigenvalue weighted by atomic mass is 32.1. The molecule has 1 aromatic rings. The van der Waals surface area contributed by atoms with E-state index in [2.05, 4.69) is 17.5 Å². The van der Waals surface area contributed by atoms with Crippen LogP contribution in [-0.4, -0.2) is 24.2 Å². The summed E-state index contributed by atoms with van der Waals surface area (Å²) in [5.41, 5.74) is 5.33. The Bertz CT molecular complexity index is 480. The molecule has 0 aliphatic rings. The van der Waals surface area contributed by atoms with Crippen molar-refractivity contribution in [3.8, 4) is 0 Å². The van der Waals surface area contributed by atoms with Gasteiger partial charge in [-0.1, -0.05) is 26.1 Å². The summed E-state index contributed by atoms with van der Waals surface area (Å²) in [5.74, 6) is -1.79. The molecule has 1 atom stereocenters. The van der Waals surface area contributed by atoms with Crippen LogP contribution >= 0.6 is 12.2 Å². The molecule has 0 fully saturated rings. The normalized spacial score (nSPS) is 12.5. The first kappa shape index (κ1) is 16.8. The zero-order valence-electron chi connectivity index (χ0n) is 11.9. The summed E-state index contributed by atoms with van der Waals surface area (Å²) in [6, 6.07) is 2.70. The van der Waals surface area contributed by atoms with Crippen LogP contribution in [0, 0.1) is 17.6 Å². The molecule has 0 aromatic heterocycles. The predicted molar refractivity (Wildman–Crippen MR) is 81.0 cm³/mol. The Morgan fingerprint density at radius 1 is 1.35 bits per heavy atom. The number of nitrogens with two attached hydrogens (primary N) is 1. The van der Waals surface area contributed by atoms with E-state index in [0.717, 1.165) is 0 Å². The average molecular weight is 302 g/mol. The second-order valence-electron chi connectivity index (χ2n) is 4.81. The molecule has 6 heteroatoms. The summed E-state index contributed by atoms with van der Waals surface area (Å²) in [7, 11) is 0. The van der Waals surface area contributed by atoms with E-state index in [9.17, 15) is 8.78 Å². The largest absolute Gasteiger partial charge is 0.389 e. The van der Waals surface area contributed by atoms with Gasteiger partial charge < -0.3 is 15.8 Å². The highest BCUT2D eigenvalue weighted by Crippen LogP contribution is 2.22. The Kier molecular flexibility index (Phi) is 6.29. The van der Waals surface area contributed by atoms with Crippen LogP contribution < -0.4 is 11.1 Å². The van der Waals surface area contributed by atoms with Crippen LogP contribution in [0.25, 0.3) is 0 Å². The van der Waals surface area contributed by atoms with E-state index < -0.39 is 11.6 Å². The lowest BCUT2D eigenvalue weighted by Crippen LogP contribution is -2.31. The highest BCUT2D eigenvalue weighted by molar-refractivity contribution is 7.80. The van der Waals surface area contributed by atoms with Crippen molar-refractivity contribution in [2.24, 2.45) is 11.7 Å². The Balaban J connectivity index is 2.96. The number of thiocarbonyl (C=S) groups is 1. The molecule has 0 bridgehead atoms. The van der Waals surface area contributed by atoms with Crippen molar-refractivity contribution in [2.45, 2.75) is 26.8 Å². The Morgan fingerprint density at radius 2 is 2.00 bits per heavy atom. The molecule has 20 heavy (non-hydrogen) atoms. The van der Waals surface area contributed by atoms with Gasteiger partial charge in [-0.2, -0.15) is 0 Å². The topological polar surface area (TPSA) is 47.3 Å². The van der Waals surface area contributed by atoms with Gasteiger partial charge in [-0.05, 0) is 25.0 Å². The lowest BCUT2D eigenvalue weighted by Gasteiger charge is -2.23. The van der Waals surface area contributed by atoms with Crippen LogP contribution in [0.1, 0.15) is 26.3 Å². The third-order valence-corrected chi connectivity index (χ3v) is 3.21. The van der Waals surface area contributed by atoms with Gasteiger partial charge in [-0.3, -0.25) is 0 Å². The van der Waals surface area contributed by atoms with Crippen molar-refractivity contribution in [2.75, 3.05) is 18.5 Å². The number of nitrogens with one attached hydrogen (secondary N) is 1. The number of rotatable bonds is 7. The van der Waals surface area contributed by atoms with E-state index >= 15 is 0 Å². The molecular weight excluding hydrogens is 282 g/mol. The van der Waals surface area contributed by atoms with Gasteiger partial charge in [0, 0.05) is 12.2 Å². The molecule has 1 rings (SSSR count). The fraction of sp³-hybridized carbons (Fsp3) is 0.500. The van der Waals surface area contributed by atoms with Crippen molar-refractivity contribution in [3.05, 3.63) is 29.3 Å². The van der Waals surface area contributed by atoms with Gasteiger partial charge in [0.1, 0.15) is 4.99 Å². The minimum Gasteiger partial charge on any atom is -0.389 e. The van der Waals surface area contributed by atoms with E-state index in [1.54, 1.807) is 0 Å². The first-order valence-electron chi connectivity index (χ1n) is 6.50. The molecule has 1 unspecified atom stereocenters. The van der Waals surface area contributed by atoms with Crippen LogP contribution in [0.5, 0.6) is 0 Å². The smallest absolute Gasteiger partial charge is 0.182 e. The van der Waals surface area contributed by atoms with Crippen LogP contribution in [0.3, 0.4) is 0 Å². The highest BCUT2D eigenvalue weighted by Gasteiger charge is 2.19. The lowest BCUT2D eigenvalue weighted by atomic mass is 10.0. The van der Waals surface area contributed by atoms with Crippen LogP contribution in [0.15, 0.2) is 12.1 Å². The Hall–Kier alpha value is -1.27. The number of halogens is 2. The molecule has 0 spiro atoms. The van der Waals surface area contributed by atoms with Gasteiger partial charge in [0.2, 0.25) is 0 Å². The Morgan fingerprint density at radius 3 is 2.50 bits per heavy atom. The monoisotopic (exact) mass is 302 g/mol. The van der Waals surface area contributed by atoms with Crippen LogP contribution in [0.2, 0.25) is 0 Å². The minimum absolute atomic E-state index is 0.0842. The van der Waals surface area contributed by atoms with E-state index in [-0.39, 0.29) is 28.2 Å². The van der Waals surface area contributed by atoms with Crippen LogP contribution in [0.4, 0.5) is 14.5 Å². The molecule has 1 aromatic carbocycles. The molecule has 0 saturated heterocycles. The molecule has 0 amide bonds. The van der Waals surface area contributed by atoms with Gasteiger partial charge in [0.15, 0.2) is 11.6 Å². The van der Waals surface area contributed by atoms with Gasteiger partial charge in [-0.15, -0.1) is 0 Å². The molecular formula is C14H20F2N2OS. The maximum atomic E-state index is 14.0. The van der Waals surface area contributed by atoms with Crippen molar-refractivity contribution in [1.82, 2.24) is 0 Å². The van der Waals surface area contributed by atoms with Gasteiger partial charge in [0.05, 0.1) is 18.3 Å². The summed E-state index contributed by atoms with van der Waals surface area (Å²) in [5, 5.41) is 2.96. The first-order chi connectivity index (χ1) is 9.38. The molecule has 0 heterocycles. The molecule has 0 aliphatic heterocycles. The first-order valence-corrected chi connectivity index (χ1v) is 6.91. The van der Waals surface area contributed by atoms with Crippen molar-refractivity contribution >= 4 is 22.9 Å². The molecule has 0 saturated carbocycles. The number of hydrogen-bond acceptors (Lipinski definition) is 3. The van der Waals surface area contributed by atoms with E-state index in [1.165, 1.54) is 12.1 Å². The number of anilines is 1. The summed E-state index contributed by atoms with van der Waals surface area (Å²) in [6.45, 7) is 6.84. The molecule has 3 N–H and O–H groups in total. The minimum atomic E-state index is -1.03. The zero-order valence-corrected chi connectivity index (χ0v) is 12.7. The standard InChI is InChI=1S/C14H20F2N2OS/c1-4-19-7-11(8(2)3)18-10-6-5-9(14(17)20)12(15)13(10)16/h5-6,8,11,18H,4,7H2,1-3H3,(H2,17,20). The van der Waals surface area contributed by atoms with Crippen molar-refractivity contribution in [3.63, 3.8) is 0 Å². The fourth-order valence-corrected chi connectivity index (χ4v) is 1.85. The molecule has 0 aliphatic carbocycles. The molecule has 112 valence electrons. The second kappa shape index (κ2) is 7.50. The summed E-state index contributed by atoms with van der Waals surface area (Å²) < 4.78 is 33.1. The second-order valence-corrected chi connectivity index (χ2v) is 5.25. The van der Waals surface area contributed by atoms with Crippen LogP contribution in [-0.2, 0) is 4.74 Å². The van der Waals surface area contributed by atoms with E-state index in [0.29, 0.717) is 13.2 Å². The SMILES string of the molecule is CCOCC(Nc1ccc(C(N)=S)c(F)c1F)C(C)C. The quantitative estimate of drug-likeness (QED) is 0.760. The fourth-order valence-electron chi connectivity index (χ4n) is 1.70. The van der Waals surface area contributed by atoms with Gasteiger partial charge in [-0.25, -0.2) is 8.78 Å². The lowest BCUT2D eigenvalue weighted by molar-refractivity contribution is 0.126. The van der Waals surface area contributed by atoms with Gasteiger partial charge >= 0.3 is 0 Å². The summed E-state index contributed by atoms with van der Waals surface area (Å²) in [4.78, 5) is -0.164. The van der Waals surface area contributed by atoms with Gasteiger partial charge in [0.25, 0.3) is 0 Å². The van der Waals surface area contributed by atoms with Crippen molar-refractivity contribution in [1.29, 1.82) is 0 Å². The predicted octanol–water partition coefficient (Wildman–Crippen LogP) is 3.07. The maximum Gasteiger partial charge on any atom is 0.182 e. The number of benzene rings is 1. The van der Waals surface area contributed by atoms with E-state index in [4.69, 9.17) is 10.5 Å². The molecule has 0 radical (unpaired) electrons. The number of hydrogen-bond donors (Lipinski definition) is 2. The molecule has 3 nitrogen and oxygen atoms in total. The van der Waals surface area contributed by atoms with Crippen molar-refractivity contribution < 1.29 is 13.5 Å². The summed E-state index contributed by atoms with van der Waals surface area (Å²) in [6.07, 6.45) is 0. The zero-order chi connectivity index (χ0) is 15.3. The summed E-state index contributed by atoms with van der Waals surface area (Å²) >= 11 is 4.67. The average Bonchev–Trinajstić information content (AvgIpc) is 2.38. The maximum absolute atomic E-state index is 14.0. The third-order valence-electron chi connectivity index (χ3n) is 2.99. The third kappa shape index (κ3) is 4.11. The Labute approximate surface area is 123 Å². The number of ether oxygens (including phenoxy) is 1.